The number of aromatic nitrogens is 1. The molecule has 2 heterocycles. The monoisotopic (exact) mass is 460 g/mol. The van der Waals surface area contributed by atoms with E-state index in [1.807, 2.05) is 12.1 Å². The number of methoxy groups -OCH3 is 1. The molecule has 3 aromatic rings. The van der Waals surface area contributed by atoms with Gasteiger partial charge in [0.15, 0.2) is 5.13 Å². The largest absolute Gasteiger partial charge is 0.494 e. The van der Waals surface area contributed by atoms with Crippen LogP contribution in [0.1, 0.15) is 0 Å². The number of halogens is 1. The molecule has 0 radical (unpaired) electrons. The minimum Gasteiger partial charge on any atom is -0.494 e. The zero-order valence-electron chi connectivity index (χ0n) is 17.3. The molecule has 1 aliphatic heterocycles. The van der Waals surface area contributed by atoms with Crippen molar-refractivity contribution in [3.63, 3.8) is 0 Å². The second-order valence-electron chi connectivity index (χ2n) is 7.22. The number of nitrogens with zero attached hydrogens (tertiary/aromatic N) is 3. The number of amides is 1. The Bertz CT molecular complexity index is 1020. The Hall–Kier alpha value is -2.36. The zero-order chi connectivity index (χ0) is 21.6. The molecule has 6 nitrogen and oxygen atoms in total. The number of carbonyl (C=O) groups is 1. The Morgan fingerprint density at radius 3 is 2.71 bits per heavy atom. The van der Waals surface area contributed by atoms with E-state index in [1.54, 1.807) is 30.6 Å². The quantitative estimate of drug-likeness (QED) is 0.520. The summed E-state index contributed by atoms with van der Waals surface area (Å²) in [6.45, 7) is 5.16. The number of thioether (sulfide) groups is 1. The summed E-state index contributed by atoms with van der Waals surface area (Å²) in [7, 11) is 1.67. The molecule has 164 valence electrons. The van der Waals surface area contributed by atoms with Gasteiger partial charge in [-0.15, -0.1) is 11.8 Å². The molecule has 1 amide bonds. The maximum atomic E-state index is 12.9. The molecule has 4 rings (SSSR count). The van der Waals surface area contributed by atoms with Crippen molar-refractivity contribution in [3.05, 3.63) is 48.3 Å². The summed E-state index contributed by atoms with van der Waals surface area (Å²) in [4.78, 5) is 22.4. The molecule has 1 aromatic heterocycles. The third kappa shape index (κ3) is 5.66. The van der Waals surface area contributed by atoms with E-state index in [0.29, 0.717) is 12.3 Å². The molecule has 0 aliphatic carbocycles. The summed E-state index contributed by atoms with van der Waals surface area (Å²) in [5.74, 6) is 0.876. The number of fused-ring (bicyclic) bond motifs is 1. The van der Waals surface area contributed by atoms with Crippen molar-refractivity contribution >= 4 is 44.4 Å². The average Bonchev–Trinajstić information content (AvgIpc) is 3.24. The number of ether oxygens (including phenoxy) is 1. The van der Waals surface area contributed by atoms with E-state index >= 15 is 0 Å². The van der Waals surface area contributed by atoms with Crippen molar-refractivity contribution in [2.75, 3.05) is 57.0 Å². The molecule has 1 N–H and O–H groups in total. The van der Waals surface area contributed by atoms with Gasteiger partial charge in [-0.1, -0.05) is 17.4 Å². The number of rotatable bonds is 8. The highest BCUT2D eigenvalue weighted by Gasteiger charge is 2.20. The van der Waals surface area contributed by atoms with E-state index in [9.17, 15) is 9.18 Å². The van der Waals surface area contributed by atoms with E-state index in [-0.39, 0.29) is 11.7 Å². The first-order chi connectivity index (χ1) is 15.1. The Labute approximate surface area is 189 Å². The molecule has 0 bridgehead atoms. The molecule has 9 heteroatoms. The van der Waals surface area contributed by atoms with Crippen LogP contribution >= 0.6 is 23.1 Å². The Morgan fingerprint density at radius 2 is 1.97 bits per heavy atom. The smallest absolute Gasteiger partial charge is 0.230 e. The highest BCUT2D eigenvalue weighted by Crippen LogP contribution is 2.34. The van der Waals surface area contributed by atoms with Crippen molar-refractivity contribution in [1.82, 2.24) is 15.2 Å². The van der Waals surface area contributed by atoms with Crippen molar-refractivity contribution in [2.24, 2.45) is 0 Å². The fraction of sp³-hybridized carbons (Fsp3) is 0.364. The van der Waals surface area contributed by atoms with Gasteiger partial charge in [-0.05, 0) is 36.4 Å². The van der Waals surface area contributed by atoms with Crippen molar-refractivity contribution < 1.29 is 13.9 Å². The van der Waals surface area contributed by atoms with Gasteiger partial charge in [-0.25, -0.2) is 9.37 Å². The molecule has 0 saturated carbocycles. The highest BCUT2D eigenvalue weighted by atomic mass is 32.2. The summed E-state index contributed by atoms with van der Waals surface area (Å²) in [5.41, 5.74) is 0.925. The first kappa shape index (κ1) is 21.9. The Kier molecular flexibility index (Phi) is 7.26. The van der Waals surface area contributed by atoms with Crippen molar-refractivity contribution in [2.45, 2.75) is 4.90 Å². The number of para-hydroxylation sites is 1. The number of thiazole rings is 1. The Balaban J connectivity index is 1.18. The van der Waals surface area contributed by atoms with Crippen LogP contribution in [0.25, 0.3) is 10.2 Å². The summed E-state index contributed by atoms with van der Waals surface area (Å²) in [5, 5.41) is 4.00. The lowest BCUT2D eigenvalue weighted by Crippen LogP contribution is -2.48. The summed E-state index contributed by atoms with van der Waals surface area (Å²) in [6, 6.07) is 12.2. The minimum atomic E-state index is -0.267. The third-order valence-corrected chi connectivity index (χ3v) is 7.26. The van der Waals surface area contributed by atoms with E-state index in [4.69, 9.17) is 9.72 Å². The molecule has 2 aromatic carbocycles. The van der Waals surface area contributed by atoms with E-state index in [2.05, 4.69) is 21.2 Å². The maximum Gasteiger partial charge on any atom is 0.230 e. The zero-order valence-corrected chi connectivity index (χ0v) is 19.0. The van der Waals surface area contributed by atoms with Crippen LogP contribution in [0.5, 0.6) is 5.75 Å². The topological polar surface area (TPSA) is 57.7 Å². The molecule has 1 saturated heterocycles. The van der Waals surface area contributed by atoms with Gasteiger partial charge in [0.2, 0.25) is 5.91 Å². The van der Waals surface area contributed by atoms with Crippen LogP contribution in [0.3, 0.4) is 0 Å². The number of benzene rings is 2. The van der Waals surface area contributed by atoms with Gasteiger partial charge < -0.3 is 15.0 Å². The molecule has 0 atom stereocenters. The van der Waals surface area contributed by atoms with Crippen LogP contribution in [0.4, 0.5) is 9.52 Å². The molecule has 0 spiro atoms. The molecule has 1 fully saturated rings. The Morgan fingerprint density at radius 1 is 1.19 bits per heavy atom. The lowest BCUT2D eigenvalue weighted by atomic mass is 10.3. The summed E-state index contributed by atoms with van der Waals surface area (Å²) in [6.07, 6.45) is 0. The van der Waals surface area contributed by atoms with Gasteiger partial charge in [0.05, 0.1) is 17.6 Å². The molecular weight excluding hydrogens is 435 g/mol. The highest BCUT2D eigenvalue weighted by molar-refractivity contribution is 8.00. The fourth-order valence-electron chi connectivity index (χ4n) is 3.46. The standard InChI is InChI=1S/C22H25FN4O2S2/c1-29-18-3-2-4-19-21(18)25-22(31-19)27-13-11-26(12-14-27)10-9-24-20(28)15-30-17-7-5-16(23)6-8-17/h2-8H,9-15H2,1H3,(H,24,28). The average molecular weight is 461 g/mol. The number of carbonyl (C=O) groups excluding carboxylic acids is 1. The number of piperazine rings is 1. The summed E-state index contributed by atoms with van der Waals surface area (Å²) < 4.78 is 19.5. The fourth-order valence-corrected chi connectivity index (χ4v) is 5.22. The molecule has 31 heavy (non-hydrogen) atoms. The normalized spacial score (nSPS) is 14.7. The summed E-state index contributed by atoms with van der Waals surface area (Å²) >= 11 is 3.11. The van der Waals surface area contributed by atoms with Crippen LogP contribution in [-0.2, 0) is 4.79 Å². The number of hydrogen-bond acceptors (Lipinski definition) is 7. The predicted molar refractivity (Wildman–Crippen MR) is 125 cm³/mol. The van der Waals surface area contributed by atoms with Crippen molar-refractivity contribution in [1.29, 1.82) is 0 Å². The first-order valence-corrected chi connectivity index (χ1v) is 12.0. The van der Waals surface area contributed by atoms with Gasteiger partial charge in [-0.2, -0.15) is 0 Å². The SMILES string of the molecule is COc1cccc2sc(N3CCN(CCNC(=O)CSc4ccc(F)cc4)CC3)nc12. The van der Waals surface area contributed by atoms with Gasteiger partial charge in [-0.3, -0.25) is 9.69 Å². The van der Waals surface area contributed by atoms with Crippen LogP contribution in [0.2, 0.25) is 0 Å². The van der Waals surface area contributed by atoms with E-state index < -0.39 is 0 Å². The van der Waals surface area contributed by atoms with Gasteiger partial charge in [0.1, 0.15) is 17.1 Å². The lowest BCUT2D eigenvalue weighted by molar-refractivity contribution is -0.118. The molecule has 0 unspecified atom stereocenters. The van der Waals surface area contributed by atoms with Gasteiger partial charge >= 0.3 is 0 Å². The lowest BCUT2D eigenvalue weighted by Gasteiger charge is -2.34. The minimum absolute atomic E-state index is 0.00335. The maximum absolute atomic E-state index is 12.9. The first-order valence-electron chi connectivity index (χ1n) is 10.2. The number of nitrogens with one attached hydrogen (secondary N) is 1. The predicted octanol–water partition coefficient (Wildman–Crippen LogP) is 3.47. The number of hydrogen-bond donors (Lipinski definition) is 1. The third-order valence-electron chi connectivity index (χ3n) is 5.17. The van der Waals surface area contributed by atoms with Crippen LogP contribution in [0, 0.1) is 5.82 Å². The number of anilines is 1. The molecular formula is C22H25FN4O2S2. The van der Waals surface area contributed by atoms with Gasteiger partial charge in [0.25, 0.3) is 0 Å². The van der Waals surface area contributed by atoms with E-state index in [1.165, 1.54) is 23.9 Å². The van der Waals surface area contributed by atoms with Crippen molar-refractivity contribution in [3.8, 4) is 5.75 Å². The van der Waals surface area contributed by atoms with Crippen LogP contribution in [-0.4, -0.2) is 67.9 Å². The molecule has 1 aliphatic rings. The second-order valence-corrected chi connectivity index (χ2v) is 9.28. The van der Waals surface area contributed by atoms with Gasteiger partial charge in [0, 0.05) is 44.2 Å². The second kappa shape index (κ2) is 10.3. The van der Waals surface area contributed by atoms with Crippen LogP contribution < -0.4 is 15.0 Å². The van der Waals surface area contributed by atoms with Crippen LogP contribution in [0.15, 0.2) is 47.4 Å². The van der Waals surface area contributed by atoms with E-state index in [0.717, 1.165) is 58.7 Å².